The minimum atomic E-state index is -0.193. The number of nitrogens with zero attached hydrogens (tertiary/aromatic N) is 1. The van der Waals surface area contributed by atoms with Gasteiger partial charge in [0.05, 0.1) is 19.2 Å². The molecule has 5 nitrogen and oxygen atoms in total. The number of aromatic hydroxyl groups is 1. The third-order valence-corrected chi connectivity index (χ3v) is 3.92. The van der Waals surface area contributed by atoms with Gasteiger partial charge in [0.1, 0.15) is 0 Å². The lowest BCUT2D eigenvalue weighted by molar-refractivity contribution is -0.120. The molecule has 0 aliphatic rings. The largest absolute Gasteiger partial charge is 0.504 e. The van der Waals surface area contributed by atoms with Gasteiger partial charge in [0.15, 0.2) is 11.5 Å². The van der Waals surface area contributed by atoms with Gasteiger partial charge in [0, 0.05) is 0 Å². The number of carbonyl (C=O) groups excluding carboxylic acids is 1. The third kappa shape index (κ3) is 4.19. The summed E-state index contributed by atoms with van der Waals surface area (Å²) in [5.74, 6) is 0.268. The fourth-order valence-corrected chi connectivity index (χ4v) is 2.72. The first-order valence-corrected chi connectivity index (χ1v) is 8.41. The Morgan fingerprint density at radius 2 is 1.96 bits per heavy atom. The van der Waals surface area contributed by atoms with Crippen LogP contribution in [-0.2, 0) is 11.2 Å². The first kappa shape index (κ1) is 17.5. The average molecular weight is 348 g/mol. The first-order valence-electron chi connectivity index (χ1n) is 8.41. The summed E-state index contributed by atoms with van der Waals surface area (Å²) in [5, 5.41) is 15.8. The van der Waals surface area contributed by atoms with E-state index in [1.54, 1.807) is 12.1 Å². The molecule has 0 unspecified atom stereocenters. The number of hydrogen-bond donors (Lipinski definition) is 2. The predicted molar refractivity (Wildman–Crippen MR) is 103 cm³/mol. The van der Waals surface area contributed by atoms with E-state index in [-0.39, 0.29) is 18.1 Å². The summed E-state index contributed by atoms with van der Waals surface area (Å²) < 4.78 is 5.33. The molecule has 0 heterocycles. The van der Waals surface area contributed by atoms with Crippen molar-refractivity contribution in [2.45, 2.75) is 13.3 Å². The maximum Gasteiger partial charge on any atom is 0.244 e. The Labute approximate surface area is 151 Å². The van der Waals surface area contributed by atoms with E-state index in [1.807, 2.05) is 49.4 Å². The Morgan fingerprint density at radius 1 is 1.15 bits per heavy atom. The monoisotopic (exact) mass is 348 g/mol. The van der Waals surface area contributed by atoms with Gasteiger partial charge in [0.2, 0.25) is 5.91 Å². The zero-order chi connectivity index (χ0) is 18.4. The number of benzene rings is 3. The summed E-state index contributed by atoms with van der Waals surface area (Å²) in [6, 6.07) is 18.8. The highest BCUT2D eigenvalue weighted by molar-refractivity contribution is 5.90. The molecule has 132 valence electrons. The van der Waals surface area contributed by atoms with E-state index in [4.69, 9.17) is 4.74 Å². The lowest BCUT2D eigenvalue weighted by Gasteiger charge is -2.06. The van der Waals surface area contributed by atoms with Crippen LogP contribution in [-0.4, -0.2) is 23.8 Å². The number of hydrazone groups is 1. The van der Waals surface area contributed by atoms with Gasteiger partial charge in [-0.3, -0.25) is 4.79 Å². The van der Waals surface area contributed by atoms with Crippen molar-refractivity contribution < 1.29 is 14.6 Å². The number of nitrogens with one attached hydrogen (secondary N) is 1. The second-order valence-corrected chi connectivity index (χ2v) is 5.77. The molecular weight excluding hydrogens is 328 g/mol. The summed E-state index contributed by atoms with van der Waals surface area (Å²) >= 11 is 0. The van der Waals surface area contributed by atoms with Crippen molar-refractivity contribution in [2.24, 2.45) is 5.10 Å². The second kappa shape index (κ2) is 8.16. The van der Waals surface area contributed by atoms with Crippen molar-refractivity contribution in [1.82, 2.24) is 5.43 Å². The maximum absolute atomic E-state index is 12.2. The Morgan fingerprint density at radius 3 is 2.81 bits per heavy atom. The van der Waals surface area contributed by atoms with Crippen LogP contribution in [0.4, 0.5) is 0 Å². The van der Waals surface area contributed by atoms with Crippen LogP contribution in [0, 0.1) is 0 Å². The molecule has 3 aromatic carbocycles. The SMILES string of the molecule is CCOc1cc(/C=N\NC(=O)Cc2cccc3ccccc23)ccc1O. The molecule has 2 N–H and O–H groups in total. The molecule has 0 radical (unpaired) electrons. The van der Waals surface area contributed by atoms with Crippen LogP contribution in [0.15, 0.2) is 65.8 Å². The standard InChI is InChI=1S/C21H20N2O3/c1-2-26-20-12-15(10-11-19(20)24)14-22-23-21(25)13-17-8-5-7-16-6-3-4-9-18(16)17/h3-12,14,24H,2,13H2,1H3,(H,23,25)/b22-14-. The highest BCUT2D eigenvalue weighted by atomic mass is 16.5. The highest BCUT2D eigenvalue weighted by Gasteiger charge is 2.06. The van der Waals surface area contributed by atoms with Crippen LogP contribution in [0.25, 0.3) is 10.8 Å². The van der Waals surface area contributed by atoms with Gasteiger partial charge in [-0.1, -0.05) is 42.5 Å². The fraction of sp³-hybridized carbons (Fsp3) is 0.143. The molecule has 0 aliphatic heterocycles. The molecule has 0 fully saturated rings. The molecule has 0 saturated heterocycles. The smallest absolute Gasteiger partial charge is 0.244 e. The quantitative estimate of drug-likeness (QED) is 0.528. The van der Waals surface area contributed by atoms with Gasteiger partial charge < -0.3 is 9.84 Å². The van der Waals surface area contributed by atoms with Gasteiger partial charge in [0.25, 0.3) is 0 Å². The van der Waals surface area contributed by atoms with Gasteiger partial charge in [-0.25, -0.2) is 5.43 Å². The summed E-state index contributed by atoms with van der Waals surface area (Å²) in [4.78, 5) is 12.2. The number of rotatable bonds is 6. The molecule has 0 aromatic heterocycles. The van der Waals surface area contributed by atoms with Crippen molar-refractivity contribution >= 4 is 22.9 Å². The lowest BCUT2D eigenvalue weighted by Crippen LogP contribution is -2.19. The van der Waals surface area contributed by atoms with E-state index in [1.165, 1.54) is 12.3 Å². The van der Waals surface area contributed by atoms with Crippen molar-refractivity contribution in [1.29, 1.82) is 0 Å². The van der Waals surface area contributed by atoms with Crippen LogP contribution in [0.1, 0.15) is 18.1 Å². The fourth-order valence-electron chi connectivity index (χ4n) is 2.72. The Bertz CT molecular complexity index is 946. The molecule has 5 heteroatoms. The number of amides is 1. The minimum absolute atomic E-state index is 0.0731. The van der Waals surface area contributed by atoms with E-state index < -0.39 is 0 Å². The number of fused-ring (bicyclic) bond motifs is 1. The molecule has 3 aromatic rings. The van der Waals surface area contributed by atoms with Crippen molar-refractivity contribution in [3.63, 3.8) is 0 Å². The van der Waals surface area contributed by atoms with E-state index in [2.05, 4.69) is 10.5 Å². The number of phenolic OH excluding ortho intramolecular Hbond substituents is 1. The van der Waals surface area contributed by atoms with E-state index in [9.17, 15) is 9.90 Å². The van der Waals surface area contributed by atoms with Crippen molar-refractivity contribution in [2.75, 3.05) is 6.61 Å². The minimum Gasteiger partial charge on any atom is -0.504 e. The zero-order valence-electron chi connectivity index (χ0n) is 14.5. The molecule has 26 heavy (non-hydrogen) atoms. The average Bonchev–Trinajstić information content (AvgIpc) is 2.65. The molecule has 3 rings (SSSR count). The zero-order valence-corrected chi connectivity index (χ0v) is 14.5. The molecular formula is C21H20N2O3. The topological polar surface area (TPSA) is 70.9 Å². The molecule has 0 saturated carbocycles. The summed E-state index contributed by atoms with van der Waals surface area (Å²) in [6.45, 7) is 2.30. The molecule has 0 atom stereocenters. The molecule has 1 amide bonds. The van der Waals surface area contributed by atoms with Gasteiger partial charge in [-0.2, -0.15) is 5.10 Å². The number of carbonyl (C=O) groups is 1. The maximum atomic E-state index is 12.2. The van der Waals surface area contributed by atoms with Crippen LogP contribution >= 0.6 is 0 Å². The van der Waals surface area contributed by atoms with Crippen molar-refractivity contribution in [3.8, 4) is 11.5 Å². The Balaban J connectivity index is 1.65. The first-order chi connectivity index (χ1) is 12.7. The normalized spacial score (nSPS) is 11.0. The Hall–Kier alpha value is -3.34. The third-order valence-electron chi connectivity index (χ3n) is 3.92. The predicted octanol–water partition coefficient (Wildman–Crippen LogP) is 3.64. The highest BCUT2D eigenvalue weighted by Crippen LogP contribution is 2.26. The van der Waals surface area contributed by atoms with Gasteiger partial charge >= 0.3 is 0 Å². The number of hydrogen-bond acceptors (Lipinski definition) is 4. The number of phenols is 1. The lowest BCUT2D eigenvalue weighted by atomic mass is 10.0. The van der Waals surface area contributed by atoms with Crippen molar-refractivity contribution in [3.05, 3.63) is 71.8 Å². The van der Waals surface area contributed by atoms with Crippen LogP contribution in [0.3, 0.4) is 0 Å². The molecule has 0 aliphatic carbocycles. The van der Waals surface area contributed by atoms with Crippen LogP contribution in [0.2, 0.25) is 0 Å². The molecule has 0 spiro atoms. The molecule has 0 bridgehead atoms. The van der Waals surface area contributed by atoms with Gasteiger partial charge in [-0.05, 0) is 47.0 Å². The van der Waals surface area contributed by atoms with Crippen LogP contribution < -0.4 is 10.2 Å². The van der Waals surface area contributed by atoms with E-state index in [0.29, 0.717) is 12.4 Å². The van der Waals surface area contributed by atoms with E-state index >= 15 is 0 Å². The second-order valence-electron chi connectivity index (χ2n) is 5.77. The Kier molecular flexibility index (Phi) is 5.49. The summed E-state index contributed by atoms with van der Waals surface area (Å²) in [6.07, 6.45) is 1.77. The van der Waals surface area contributed by atoms with Crippen LogP contribution in [0.5, 0.6) is 11.5 Å². The number of ether oxygens (including phenoxy) is 1. The summed E-state index contributed by atoms with van der Waals surface area (Å²) in [7, 11) is 0. The van der Waals surface area contributed by atoms with Gasteiger partial charge in [-0.15, -0.1) is 0 Å². The van der Waals surface area contributed by atoms with E-state index in [0.717, 1.165) is 21.9 Å². The summed E-state index contributed by atoms with van der Waals surface area (Å²) in [5.41, 5.74) is 4.21.